The third-order valence-electron chi connectivity index (χ3n) is 4.83. The minimum Gasteiger partial charge on any atom is -0.481 e. The summed E-state index contributed by atoms with van der Waals surface area (Å²) in [5.74, 6) is -1.15. The first-order chi connectivity index (χ1) is 9.09. The molecule has 3 aliphatic heterocycles. The molecule has 6 nitrogen and oxygen atoms in total. The summed E-state index contributed by atoms with van der Waals surface area (Å²) in [7, 11) is 1.80. The number of carboxylic acid groups (broad SMARTS) is 1. The molecule has 2 amide bonds. The Morgan fingerprint density at radius 3 is 2.68 bits per heavy atom. The molecule has 4 atom stereocenters. The van der Waals surface area contributed by atoms with Crippen LogP contribution in [0, 0.1) is 5.92 Å². The van der Waals surface area contributed by atoms with Gasteiger partial charge in [-0.15, -0.1) is 0 Å². The average Bonchev–Trinajstić information content (AvgIpc) is 3.11. The zero-order valence-corrected chi connectivity index (χ0v) is 11.1. The molecule has 0 saturated carbocycles. The zero-order chi connectivity index (χ0) is 13.6. The molecule has 0 aromatic heterocycles. The van der Waals surface area contributed by atoms with E-state index >= 15 is 0 Å². The molecular weight excluding hydrogens is 248 g/mol. The van der Waals surface area contributed by atoms with Crippen LogP contribution in [0.3, 0.4) is 0 Å². The van der Waals surface area contributed by atoms with Crippen LogP contribution in [-0.4, -0.2) is 65.3 Å². The van der Waals surface area contributed by atoms with Crippen LogP contribution in [-0.2, 0) is 9.53 Å². The van der Waals surface area contributed by atoms with Gasteiger partial charge in [-0.2, -0.15) is 0 Å². The number of likely N-dealkylation sites (N-methyl/N-ethyl adjacent to an activating group) is 1. The molecule has 3 fully saturated rings. The van der Waals surface area contributed by atoms with Gasteiger partial charge >= 0.3 is 12.0 Å². The van der Waals surface area contributed by atoms with Crippen LogP contribution >= 0.6 is 0 Å². The standard InChI is InChI=1S/C13H20N2O4/c1-14(9-4-5-19-7-9)13(18)15-8-2-3-11(15)10(6-8)12(16)17/h8-11H,2-7H2,1H3,(H,16,17). The maximum atomic E-state index is 12.6. The summed E-state index contributed by atoms with van der Waals surface area (Å²) in [5, 5.41) is 9.21. The zero-order valence-electron chi connectivity index (χ0n) is 11.1. The summed E-state index contributed by atoms with van der Waals surface area (Å²) in [6, 6.07) is 0.116. The first kappa shape index (κ1) is 12.7. The third kappa shape index (κ3) is 1.98. The number of amides is 2. The third-order valence-corrected chi connectivity index (χ3v) is 4.83. The summed E-state index contributed by atoms with van der Waals surface area (Å²) in [4.78, 5) is 27.3. The van der Waals surface area contributed by atoms with E-state index in [0.717, 1.165) is 19.3 Å². The Hall–Kier alpha value is -1.30. The van der Waals surface area contributed by atoms with E-state index in [-0.39, 0.29) is 30.1 Å². The number of aliphatic carboxylic acids is 1. The van der Waals surface area contributed by atoms with Gasteiger partial charge in [0.25, 0.3) is 0 Å². The highest BCUT2D eigenvalue weighted by Gasteiger charge is 2.52. The van der Waals surface area contributed by atoms with Crippen molar-refractivity contribution in [2.75, 3.05) is 20.3 Å². The molecule has 0 aromatic carbocycles. The van der Waals surface area contributed by atoms with E-state index in [1.165, 1.54) is 0 Å². The van der Waals surface area contributed by atoms with Crippen molar-refractivity contribution in [2.24, 2.45) is 5.92 Å². The normalized spacial score (nSPS) is 36.8. The molecule has 0 spiro atoms. The predicted octanol–water partition coefficient (Wildman–Crippen LogP) is 0.765. The summed E-state index contributed by atoms with van der Waals surface area (Å²) < 4.78 is 5.31. The molecule has 106 valence electrons. The number of carboxylic acids is 1. The molecule has 19 heavy (non-hydrogen) atoms. The van der Waals surface area contributed by atoms with Gasteiger partial charge < -0.3 is 19.6 Å². The summed E-state index contributed by atoms with van der Waals surface area (Å²) in [6.07, 6.45) is 3.24. The molecule has 0 aromatic rings. The van der Waals surface area contributed by atoms with Gasteiger partial charge in [-0.1, -0.05) is 0 Å². The van der Waals surface area contributed by atoms with Gasteiger partial charge in [0.1, 0.15) is 0 Å². The number of urea groups is 1. The second-order valence-corrected chi connectivity index (χ2v) is 5.80. The first-order valence-electron chi connectivity index (χ1n) is 6.95. The highest BCUT2D eigenvalue weighted by molar-refractivity contribution is 5.79. The van der Waals surface area contributed by atoms with Gasteiger partial charge in [0.15, 0.2) is 0 Å². The van der Waals surface area contributed by atoms with E-state index in [1.807, 2.05) is 4.90 Å². The van der Waals surface area contributed by atoms with Crippen LogP contribution in [0.5, 0.6) is 0 Å². The smallest absolute Gasteiger partial charge is 0.320 e. The largest absolute Gasteiger partial charge is 0.481 e. The van der Waals surface area contributed by atoms with Crippen LogP contribution < -0.4 is 0 Å². The van der Waals surface area contributed by atoms with Gasteiger partial charge in [0.2, 0.25) is 0 Å². The first-order valence-corrected chi connectivity index (χ1v) is 6.95. The van der Waals surface area contributed by atoms with E-state index in [9.17, 15) is 14.7 Å². The van der Waals surface area contributed by atoms with E-state index in [4.69, 9.17) is 4.74 Å². The van der Waals surface area contributed by atoms with Crippen molar-refractivity contribution in [3.05, 3.63) is 0 Å². The van der Waals surface area contributed by atoms with E-state index in [2.05, 4.69) is 0 Å². The number of ether oxygens (including phenoxy) is 1. The summed E-state index contributed by atoms with van der Waals surface area (Å²) in [6.45, 7) is 1.29. The van der Waals surface area contributed by atoms with Crippen LogP contribution in [0.25, 0.3) is 0 Å². The Morgan fingerprint density at radius 1 is 1.32 bits per heavy atom. The Balaban J connectivity index is 1.72. The lowest BCUT2D eigenvalue weighted by Gasteiger charge is -2.31. The lowest BCUT2D eigenvalue weighted by Crippen LogP contribution is -2.49. The van der Waals surface area contributed by atoms with Crippen LogP contribution in [0.15, 0.2) is 0 Å². The average molecular weight is 268 g/mol. The topological polar surface area (TPSA) is 70.1 Å². The van der Waals surface area contributed by atoms with Crippen LogP contribution in [0.1, 0.15) is 25.7 Å². The Bertz CT molecular complexity index is 394. The van der Waals surface area contributed by atoms with Crippen molar-refractivity contribution in [3.8, 4) is 0 Å². The molecule has 3 aliphatic rings. The monoisotopic (exact) mass is 268 g/mol. The number of hydrogen-bond acceptors (Lipinski definition) is 3. The quantitative estimate of drug-likeness (QED) is 0.803. The van der Waals surface area contributed by atoms with Gasteiger partial charge in [-0.05, 0) is 25.7 Å². The molecule has 0 aliphatic carbocycles. The number of carbonyl (C=O) groups excluding carboxylic acids is 1. The highest BCUT2D eigenvalue weighted by Crippen LogP contribution is 2.42. The Morgan fingerprint density at radius 2 is 2.11 bits per heavy atom. The van der Waals surface area contributed by atoms with E-state index < -0.39 is 5.97 Å². The number of nitrogens with zero attached hydrogens (tertiary/aromatic N) is 2. The fraction of sp³-hybridized carbons (Fsp3) is 0.846. The van der Waals surface area contributed by atoms with Gasteiger partial charge in [0, 0.05) is 25.7 Å². The number of fused-ring (bicyclic) bond motifs is 2. The van der Waals surface area contributed by atoms with Crippen LogP contribution in [0.4, 0.5) is 4.79 Å². The van der Waals surface area contributed by atoms with E-state index in [0.29, 0.717) is 19.6 Å². The molecule has 4 unspecified atom stereocenters. The van der Waals surface area contributed by atoms with Gasteiger partial charge in [-0.25, -0.2) is 4.79 Å². The van der Waals surface area contributed by atoms with Crippen molar-refractivity contribution in [3.63, 3.8) is 0 Å². The van der Waals surface area contributed by atoms with Crippen molar-refractivity contribution >= 4 is 12.0 Å². The Kier molecular flexibility index (Phi) is 3.12. The summed E-state index contributed by atoms with van der Waals surface area (Å²) >= 11 is 0. The Labute approximate surface area is 112 Å². The second kappa shape index (κ2) is 4.67. The van der Waals surface area contributed by atoms with E-state index in [1.54, 1.807) is 11.9 Å². The fourth-order valence-electron chi connectivity index (χ4n) is 3.72. The van der Waals surface area contributed by atoms with Crippen molar-refractivity contribution in [1.29, 1.82) is 0 Å². The molecule has 1 N–H and O–H groups in total. The molecule has 0 radical (unpaired) electrons. The van der Waals surface area contributed by atoms with Crippen LogP contribution in [0.2, 0.25) is 0 Å². The maximum absolute atomic E-state index is 12.6. The van der Waals surface area contributed by atoms with Gasteiger partial charge in [0.05, 0.1) is 18.6 Å². The van der Waals surface area contributed by atoms with Crippen molar-refractivity contribution in [2.45, 2.75) is 43.8 Å². The molecule has 6 heteroatoms. The van der Waals surface area contributed by atoms with Crippen molar-refractivity contribution in [1.82, 2.24) is 9.80 Å². The molecule has 3 heterocycles. The number of rotatable bonds is 2. The summed E-state index contributed by atoms with van der Waals surface area (Å²) in [5.41, 5.74) is 0. The van der Waals surface area contributed by atoms with Gasteiger partial charge in [-0.3, -0.25) is 4.79 Å². The predicted molar refractivity (Wildman–Crippen MR) is 66.8 cm³/mol. The second-order valence-electron chi connectivity index (χ2n) is 5.80. The number of hydrogen-bond donors (Lipinski definition) is 1. The maximum Gasteiger partial charge on any atom is 0.320 e. The SMILES string of the molecule is CN(C(=O)N1C2CCC1C(C(=O)O)C2)C1CCOC1. The van der Waals surface area contributed by atoms with Crippen molar-refractivity contribution < 1.29 is 19.4 Å². The fourth-order valence-corrected chi connectivity index (χ4v) is 3.72. The molecule has 2 bridgehead atoms. The lowest BCUT2D eigenvalue weighted by atomic mass is 9.89. The number of carbonyl (C=O) groups is 2. The molecular formula is C13H20N2O4. The minimum absolute atomic E-state index is 0.0215. The minimum atomic E-state index is -0.767. The molecule has 3 rings (SSSR count). The highest BCUT2D eigenvalue weighted by atomic mass is 16.5. The lowest BCUT2D eigenvalue weighted by molar-refractivity contribution is -0.142. The molecule has 3 saturated heterocycles.